The molecule has 1 atom stereocenters. The van der Waals surface area contributed by atoms with Crippen LogP contribution in [0.1, 0.15) is 61.1 Å². The molecule has 8 nitrogen and oxygen atoms in total. The monoisotopic (exact) mass is 454 g/mol. The summed E-state index contributed by atoms with van der Waals surface area (Å²) >= 11 is 0. The van der Waals surface area contributed by atoms with E-state index in [0.717, 1.165) is 23.4 Å². The lowest BCUT2D eigenvalue weighted by atomic mass is 9.98. The zero-order chi connectivity index (χ0) is 24.1. The predicted octanol–water partition coefficient (Wildman–Crippen LogP) is 3.18. The van der Waals surface area contributed by atoms with Crippen LogP contribution in [0.5, 0.6) is 0 Å². The maximum Gasteiger partial charge on any atom is 0.310 e. The van der Waals surface area contributed by atoms with Crippen molar-refractivity contribution in [2.45, 2.75) is 46.5 Å². The van der Waals surface area contributed by atoms with E-state index in [-0.39, 0.29) is 36.2 Å². The molecule has 8 heteroatoms. The Labute approximate surface area is 195 Å². The van der Waals surface area contributed by atoms with Gasteiger partial charge in [-0.1, -0.05) is 31.5 Å². The number of benzene rings is 1. The summed E-state index contributed by atoms with van der Waals surface area (Å²) in [7, 11) is 1.63. The number of carbonyl (C=O) groups is 3. The molecule has 1 aliphatic rings. The van der Waals surface area contributed by atoms with Gasteiger partial charge < -0.3 is 14.5 Å². The van der Waals surface area contributed by atoms with Gasteiger partial charge in [0.15, 0.2) is 0 Å². The predicted molar refractivity (Wildman–Crippen MR) is 125 cm³/mol. The molecule has 33 heavy (non-hydrogen) atoms. The topological polar surface area (TPSA) is 84.7 Å². The fraction of sp³-hybridized carbons (Fsp3) is 0.520. The van der Waals surface area contributed by atoms with Gasteiger partial charge in [0.05, 0.1) is 42.2 Å². The van der Waals surface area contributed by atoms with Crippen LogP contribution in [-0.4, -0.2) is 70.7 Å². The van der Waals surface area contributed by atoms with E-state index >= 15 is 0 Å². The number of esters is 1. The second-order valence-corrected chi connectivity index (χ2v) is 8.94. The van der Waals surface area contributed by atoms with Crippen molar-refractivity contribution in [1.29, 1.82) is 0 Å². The third kappa shape index (κ3) is 5.61. The average molecular weight is 455 g/mol. The largest absolute Gasteiger partial charge is 0.466 e. The maximum absolute atomic E-state index is 13.3. The Kier molecular flexibility index (Phi) is 7.89. The number of aromatic nitrogens is 2. The van der Waals surface area contributed by atoms with Gasteiger partial charge in [0.25, 0.3) is 5.91 Å². The molecule has 1 fully saturated rings. The number of likely N-dealkylation sites (tertiary alicyclic amines) is 1. The van der Waals surface area contributed by atoms with Gasteiger partial charge >= 0.3 is 5.97 Å². The minimum absolute atomic E-state index is 0.0539. The van der Waals surface area contributed by atoms with Gasteiger partial charge in [-0.05, 0) is 44.7 Å². The number of ether oxygens (including phenoxy) is 1. The summed E-state index contributed by atoms with van der Waals surface area (Å²) in [5, 5.41) is 4.48. The second-order valence-electron chi connectivity index (χ2n) is 8.94. The van der Waals surface area contributed by atoms with Gasteiger partial charge in [-0.25, -0.2) is 4.68 Å². The number of hydrogen-bond donors (Lipinski definition) is 0. The molecule has 2 aromatic rings. The SMILES string of the molecule is CCOC(=O)C1CCCN(C(=O)CN(C)C(=O)c2cnn(-c3ccc(C)cc3)c2C(C)C)C1. The van der Waals surface area contributed by atoms with Crippen LogP contribution in [0.25, 0.3) is 5.69 Å². The van der Waals surface area contributed by atoms with Gasteiger partial charge in [0.1, 0.15) is 0 Å². The van der Waals surface area contributed by atoms with Gasteiger partial charge in [-0.2, -0.15) is 5.10 Å². The molecule has 0 spiro atoms. The molecule has 1 aromatic carbocycles. The molecule has 3 rings (SSSR count). The normalized spacial score (nSPS) is 16.1. The molecule has 0 N–H and O–H groups in total. The molecular formula is C25H34N4O4. The van der Waals surface area contributed by atoms with E-state index in [1.54, 1.807) is 29.7 Å². The number of piperidine rings is 1. The van der Waals surface area contributed by atoms with Crippen LogP contribution in [-0.2, 0) is 14.3 Å². The molecule has 0 radical (unpaired) electrons. The summed E-state index contributed by atoms with van der Waals surface area (Å²) < 4.78 is 6.91. The Hall–Kier alpha value is -3.16. The van der Waals surface area contributed by atoms with Gasteiger partial charge in [-0.3, -0.25) is 14.4 Å². The van der Waals surface area contributed by atoms with Crippen molar-refractivity contribution in [3.05, 3.63) is 47.3 Å². The molecular weight excluding hydrogens is 420 g/mol. The van der Waals surface area contributed by atoms with Crippen LogP contribution >= 0.6 is 0 Å². The summed E-state index contributed by atoms with van der Waals surface area (Å²) in [6.07, 6.45) is 3.04. The minimum atomic E-state index is -0.302. The molecule has 1 aliphatic heterocycles. The molecule has 178 valence electrons. The smallest absolute Gasteiger partial charge is 0.310 e. The Bertz CT molecular complexity index is 996. The third-order valence-corrected chi connectivity index (χ3v) is 5.98. The van der Waals surface area contributed by atoms with Crippen LogP contribution in [0.4, 0.5) is 0 Å². The number of nitrogens with zero attached hydrogens (tertiary/aromatic N) is 4. The Morgan fingerprint density at radius 1 is 1.21 bits per heavy atom. The molecule has 1 unspecified atom stereocenters. The van der Waals surface area contributed by atoms with E-state index in [4.69, 9.17) is 4.74 Å². The zero-order valence-electron chi connectivity index (χ0n) is 20.2. The molecule has 1 saturated heterocycles. The molecule has 0 aliphatic carbocycles. The number of rotatable bonds is 7. The summed E-state index contributed by atoms with van der Waals surface area (Å²) in [4.78, 5) is 41.4. The highest BCUT2D eigenvalue weighted by Gasteiger charge is 2.31. The zero-order valence-corrected chi connectivity index (χ0v) is 20.2. The molecule has 2 amide bonds. The third-order valence-electron chi connectivity index (χ3n) is 5.98. The van der Waals surface area contributed by atoms with Crippen LogP contribution in [0, 0.1) is 12.8 Å². The first-order chi connectivity index (χ1) is 15.7. The lowest BCUT2D eigenvalue weighted by molar-refractivity contribution is -0.151. The van der Waals surface area contributed by atoms with Crippen molar-refractivity contribution in [2.24, 2.45) is 5.92 Å². The Morgan fingerprint density at radius 3 is 2.55 bits per heavy atom. The first kappa shape index (κ1) is 24.5. The molecule has 0 bridgehead atoms. The van der Waals surface area contributed by atoms with Crippen molar-refractivity contribution in [3.8, 4) is 5.69 Å². The summed E-state index contributed by atoms with van der Waals surface area (Å²) in [5.74, 6) is -0.918. The van der Waals surface area contributed by atoms with E-state index in [1.165, 1.54) is 4.90 Å². The fourth-order valence-corrected chi connectivity index (χ4v) is 4.21. The summed E-state index contributed by atoms with van der Waals surface area (Å²) in [5.41, 5.74) is 3.34. The number of aryl methyl sites for hydroxylation is 1. The van der Waals surface area contributed by atoms with Gasteiger partial charge in [0, 0.05) is 20.1 Å². The van der Waals surface area contributed by atoms with Crippen molar-refractivity contribution >= 4 is 17.8 Å². The summed E-state index contributed by atoms with van der Waals surface area (Å²) in [6.45, 7) is 9.03. The Balaban J connectivity index is 1.72. The minimum Gasteiger partial charge on any atom is -0.466 e. The van der Waals surface area contributed by atoms with Crippen molar-refractivity contribution in [1.82, 2.24) is 19.6 Å². The van der Waals surface area contributed by atoms with E-state index in [1.807, 2.05) is 45.0 Å². The van der Waals surface area contributed by atoms with E-state index in [2.05, 4.69) is 5.10 Å². The molecule has 0 saturated carbocycles. The highest BCUT2D eigenvalue weighted by molar-refractivity contribution is 5.97. The van der Waals surface area contributed by atoms with E-state index in [9.17, 15) is 14.4 Å². The lowest BCUT2D eigenvalue weighted by Crippen LogP contribution is -2.47. The quantitative estimate of drug-likeness (QED) is 0.600. The lowest BCUT2D eigenvalue weighted by Gasteiger charge is -2.32. The van der Waals surface area contributed by atoms with Crippen LogP contribution < -0.4 is 0 Å². The Morgan fingerprint density at radius 2 is 1.91 bits per heavy atom. The van der Waals surface area contributed by atoms with Crippen LogP contribution in [0.3, 0.4) is 0 Å². The fourth-order valence-electron chi connectivity index (χ4n) is 4.21. The molecule has 1 aromatic heterocycles. The van der Waals surface area contributed by atoms with Crippen molar-refractivity contribution in [3.63, 3.8) is 0 Å². The highest BCUT2D eigenvalue weighted by Crippen LogP contribution is 2.25. The maximum atomic E-state index is 13.3. The summed E-state index contributed by atoms with van der Waals surface area (Å²) in [6, 6.07) is 7.98. The number of likely N-dealkylation sites (N-methyl/N-ethyl adjacent to an activating group) is 1. The second kappa shape index (κ2) is 10.6. The van der Waals surface area contributed by atoms with Crippen molar-refractivity contribution < 1.29 is 19.1 Å². The number of carbonyl (C=O) groups excluding carboxylic acids is 3. The van der Waals surface area contributed by atoms with E-state index < -0.39 is 0 Å². The van der Waals surface area contributed by atoms with E-state index in [0.29, 0.717) is 31.7 Å². The van der Waals surface area contributed by atoms with Gasteiger partial charge in [-0.15, -0.1) is 0 Å². The highest BCUT2D eigenvalue weighted by atomic mass is 16.5. The molecule has 2 heterocycles. The average Bonchev–Trinajstić information content (AvgIpc) is 3.24. The van der Waals surface area contributed by atoms with Crippen LogP contribution in [0.2, 0.25) is 0 Å². The first-order valence-corrected chi connectivity index (χ1v) is 11.6. The van der Waals surface area contributed by atoms with Gasteiger partial charge in [0.2, 0.25) is 5.91 Å². The standard InChI is InChI=1S/C25H34N4O4/c1-6-33-25(32)19-8-7-13-28(15-19)22(30)16-27(5)24(31)21-14-26-29(23(21)17(2)3)20-11-9-18(4)10-12-20/h9-12,14,17,19H,6-8,13,15-16H2,1-5H3. The number of hydrogen-bond acceptors (Lipinski definition) is 5. The van der Waals surface area contributed by atoms with Crippen LogP contribution in [0.15, 0.2) is 30.5 Å². The first-order valence-electron chi connectivity index (χ1n) is 11.6. The number of amides is 2. The van der Waals surface area contributed by atoms with Crippen molar-refractivity contribution in [2.75, 3.05) is 33.3 Å².